The largest absolute Gasteiger partial charge is 0.265 e. The van der Waals surface area contributed by atoms with Crippen molar-refractivity contribution in [2.24, 2.45) is 0 Å². The van der Waals surface area contributed by atoms with E-state index in [4.69, 9.17) is 32.4 Å². The topological polar surface area (TPSA) is 216 Å². The van der Waals surface area contributed by atoms with E-state index in [1.807, 2.05) is 151 Å². The van der Waals surface area contributed by atoms with Gasteiger partial charge in [-0.3, -0.25) is 28.2 Å². The molecule has 0 aromatic carbocycles. The third-order valence-corrected chi connectivity index (χ3v) is 16.4. The van der Waals surface area contributed by atoms with Crippen LogP contribution in [-0.4, -0.2) is 82.3 Å². The Morgan fingerprint density at radius 2 is 0.646 bits per heavy atom. The van der Waals surface area contributed by atoms with Gasteiger partial charge in [0.2, 0.25) is 0 Å². The van der Waals surface area contributed by atoms with Gasteiger partial charge < -0.3 is 96.1 Å². The molecule has 3 N–H and O–H groups in total. The first-order valence-electron chi connectivity index (χ1n) is 23.9. The molecule has 0 saturated carbocycles. The summed E-state index contributed by atoms with van der Waals surface area (Å²) in [5, 5.41) is 0. The van der Waals surface area contributed by atoms with Gasteiger partial charge in [-0.05, 0) is 92.3 Å². The van der Waals surface area contributed by atoms with Gasteiger partial charge in [0.1, 0.15) is 24.6 Å². The minimum atomic E-state index is -4.00. The molecule has 6 aromatic rings. The normalized spacial score (nSPS) is 11.3. The first-order valence-corrected chi connectivity index (χ1v) is 53.5. The Bertz CT molecular complexity index is 2620. The van der Waals surface area contributed by atoms with Crippen molar-refractivity contribution >= 4 is 130 Å². The Morgan fingerprint density at radius 3 is 0.866 bits per heavy atom. The Morgan fingerprint density at radius 1 is 0.439 bits per heavy atom. The van der Waals surface area contributed by atoms with Crippen molar-refractivity contribution in [2.75, 3.05) is 57.7 Å². The summed E-state index contributed by atoms with van der Waals surface area (Å²) in [6.07, 6.45) is 22.7. The smallest absolute Gasteiger partial charge is 0.0273 e. The van der Waals surface area contributed by atoms with Crippen molar-refractivity contribution < 1.29 is 147 Å². The van der Waals surface area contributed by atoms with Crippen LogP contribution in [0.15, 0.2) is 147 Å². The Balaban J connectivity index is -0.000000543. The van der Waals surface area contributed by atoms with E-state index in [1.54, 1.807) is 48.7 Å². The standard InChI is InChI=1S/C22H36N2O6P2.C16H22N2O6P2.C10H8N2.CH4.2BrH.2ClH.5HI.2V/c1-5-27-31(25,28-6-2)19-17-23-13-9-21(10-14-23)22-11-15-24(16-12-22)18-20-32(26,29-7-3)30-8-4;1-2-24-26(22,23)14-12-18-9-5-16(6-10-18)15-3-7-17(8-4-15)11-13-25(19,20)21;1-5-11-6-2-9(1)10-3-7-12-8-4-10;;;;;;;;;;;;/h9-16H,5-8,17-20H2,1-4H3;3-10H,2,11-14H2,1H3,(H-2,19,20,21,22,23);1-8H;1H4;9*1H;;/q+2;;;;;;;;;;;;;+2;+3/p-7. The Labute approximate surface area is 585 Å². The molecule has 1 unspecified atom stereocenters. The molecule has 0 radical (unpaired) electrons. The van der Waals surface area contributed by atoms with Gasteiger partial charge in [0, 0.05) is 73.3 Å². The van der Waals surface area contributed by atoms with Crippen LogP contribution in [-0.2, 0) is 81.4 Å². The Kier molecular flexibility index (Phi) is 56.7. The fourth-order valence-corrected chi connectivity index (χ4v) is 11.3. The molecule has 0 saturated heterocycles. The first kappa shape index (κ1) is 90.3. The van der Waals surface area contributed by atoms with Gasteiger partial charge in [0.05, 0.1) is 33.0 Å². The van der Waals surface area contributed by atoms with Crippen LogP contribution in [0.4, 0.5) is 0 Å². The summed E-state index contributed by atoms with van der Waals surface area (Å²) in [4.78, 5) is 35.1. The van der Waals surface area contributed by atoms with Crippen LogP contribution in [0.1, 0.15) is 42.0 Å². The molecule has 0 aliphatic rings. The van der Waals surface area contributed by atoms with E-state index in [-0.39, 0.29) is 96.6 Å². The SMILES string of the molecule is C.CCOP(=O)(CC[n+]1ccc(-c2cc[n+](CCP(=O)(OCC)OCC)cc2)cc1)OCC.CCOP(=O)(O)CC[n+]1ccc(-c2cc[n+](CCP(=O)(O)O)cc2)cc1.[Br-].[Br-].[Cl-].[Cl-].[I][V]([I])[I].[I][V][I].c1cc(-c2ccncc2)ccn1. The number of hydrogen-bond donors (Lipinski definition) is 3. The van der Waals surface area contributed by atoms with Gasteiger partial charge in [0.25, 0.3) is 0 Å². The van der Waals surface area contributed by atoms with Crippen LogP contribution in [0.25, 0.3) is 33.4 Å². The molecule has 1 atom stereocenters. The Hall–Kier alpha value is 1.86. The van der Waals surface area contributed by atoms with Crippen LogP contribution in [0.3, 0.4) is 0 Å². The molecule has 0 bridgehead atoms. The number of pyridine rings is 6. The molecule has 33 heteroatoms. The second-order valence-electron chi connectivity index (χ2n) is 15.5. The van der Waals surface area contributed by atoms with Crippen LogP contribution in [0, 0.1) is 0 Å². The molecule has 0 fully saturated rings. The first-order chi connectivity index (χ1) is 36.7. The molecule has 463 valence electrons. The van der Waals surface area contributed by atoms with Crippen molar-refractivity contribution in [3.05, 3.63) is 147 Å². The molecule has 0 amide bonds. The van der Waals surface area contributed by atoms with E-state index in [9.17, 15) is 23.2 Å². The second kappa shape index (κ2) is 51.5. The van der Waals surface area contributed by atoms with Gasteiger partial charge in [-0.25, -0.2) is 18.3 Å². The van der Waals surface area contributed by atoms with Crippen LogP contribution < -0.4 is 77.0 Å². The fraction of sp³-hybridized carbons (Fsp3) is 0.388. The minimum absolute atomic E-state index is 0. The molecular weight excluding hydrogens is 1960 g/mol. The monoisotopic (exact) mass is 2020 g/mol. The number of halogens is 9. The zero-order valence-corrected chi connectivity index (χ0v) is 66.7. The number of aromatic nitrogens is 6. The number of aryl methyl sites for hydroxylation is 4. The van der Waals surface area contributed by atoms with Crippen molar-refractivity contribution in [1.29, 1.82) is 0 Å². The molecular formula is C49H72Br2Cl2I5N6O12P4V2. The predicted molar refractivity (Wildman–Crippen MR) is 344 cm³/mol. The number of rotatable bonds is 25. The van der Waals surface area contributed by atoms with E-state index < -0.39 is 30.4 Å². The number of nitrogens with zero attached hydrogens (tertiary/aromatic N) is 6. The van der Waals surface area contributed by atoms with Gasteiger partial charge in [-0.2, -0.15) is 0 Å². The van der Waals surface area contributed by atoms with E-state index >= 15 is 0 Å². The fourth-order valence-electron chi connectivity index (χ4n) is 6.63. The van der Waals surface area contributed by atoms with Crippen LogP contribution >= 0.6 is 130 Å². The maximum Gasteiger partial charge on any atom is 0.0273 e. The molecule has 82 heavy (non-hydrogen) atoms. The van der Waals surface area contributed by atoms with Gasteiger partial charge >= 0.3 is 145 Å². The molecule has 6 heterocycles. The van der Waals surface area contributed by atoms with E-state index in [2.05, 4.69) is 110 Å². The summed E-state index contributed by atoms with van der Waals surface area (Å²) < 4.78 is 81.5. The molecule has 0 aliphatic carbocycles. The van der Waals surface area contributed by atoms with Crippen LogP contribution in [0.5, 0.6) is 0 Å². The minimum Gasteiger partial charge on any atom is -0.265 e. The summed E-state index contributed by atoms with van der Waals surface area (Å²) in [7, 11) is -13.0. The summed E-state index contributed by atoms with van der Waals surface area (Å²) >= 11 is 12.1. The number of hydrogen-bond acceptors (Lipinski definition) is 11. The molecule has 0 aliphatic heterocycles. The molecule has 18 nitrogen and oxygen atoms in total. The van der Waals surface area contributed by atoms with E-state index in [1.165, 1.54) is 11.1 Å². The summed E-state index contributed by atoms with van der Waals surface area (Å²) in [5.41, 5.74) is 6.42. The van der Waals surface area contributed by atoms with Gasteiger partial charge in [-0.15, -0.1) is 0 Å². The zero-order valence-electron chi connectivity index (χ0n) is 44.8. The van der Waals surface area contributed by atoms with Gasteiger partial charge in [0.15, 0.2) is 75.8 Å². The molecule has 0 spiro atoms. The second-order valence-corrected chi connectivity index (χ2v) is 70.8. The average molecular weight is 2030 g/mol. The van der Waals surface area contributed by atoms with Crippen molar-refractivity contribution in [2.45, 2.75) is 68.2 Å². The summed E-state index contributed by atoms with van der Waals surface area (Å²) in [5.74, 6) is 0. The van der Waals surface area contributed by atoms with E-state index in [0.29, 0.717) is 67.9 Å². The quantitative estimate of drug-likeness (QED) is 0.0415. The average Bonchev–Trinajstić information content (AvgIpc) is 3.40. The van der Waals surface area contributed by atoms with Crippen molar-refractivity contribution in [1.82, 2.24) is 9.97 Å². The zero-order chi connectivity index (χ0) is 57.2. The maximum absolute atomic E-state index is 12.6. The maximum atomic E-state index is 12.6. The van der Waals surface area contributed by atoms with Crippen molar-refractivity contribution in [3.63, 3.8) is 0 Å². The molecule has 6 rings (SSSR count). The third kappa shape index (κ3) is 41.3. The predicted octanol–water partition coefficient (Wildman–Crippen LogP) is 1.01. The molecule has 6 aromatic heterocycles. The third-order valence-electron chi connectivity index (χ3n) is 10.1. The van der Waals surface area contributed by atoms with E-state index in [0.717, 1.165) is 22.3 Å². The van der Waals surface area contributed by atoms with Gasteiger partial charge in [-0.1, -0.05) is 7.43 Å². The van der Waals surface area contributed by atoms with Crippen molar-refractivity contribution in [3.8, 4) is 33.4 Å². The summed E-state index contributed by atoms with van der Waals surface area (Å²) in [6.45, 7) is 12.3. The summed E-state index contributed by atoms with van der Waals surface area (Å²) in [6, 6.07) is 23.5. The van der Waals surface area contributed by atoms with Crippen LogP contribution in [0.2, 0.25) is 0 Å².